The van der Waals surface area contributed by atoms with Crippen molar-refractivity contribution < 1.29 is 28.5 Å². The van der Waals surface area contributed by atoms with E-state index in [9.17, 15) is 4.79 Å². The number of rotatable bonds is 8. The van der Waals surface area contributed by atoms with Crippen molar-refractivity contribution in [2.45, 2.75) is 52.1 Å². The van der Waals surface area contributed by atoms with E-state index in [1.54, 1.807) is 21.3 Å². The first-order valence-electron chi connectivity index (χ1n) is 11.9. The van der Waals surface area contributed by atoms with E-state index < -0.39 is 0 Å². The molecule has 34 heavy (non-hydrogen) atoms. The van der Waals surface area contributed by atoms with Crippen LogP contribution in [0.25, 0.3) is 0 Å². The Kier molecular flexibility index (Phi) is 7.39. The molecule has 184 valence electrons. The van der Waals surface area contributed by atoms with Gasteiger partial charge in [-0.15, -0.1) is 0 Å². The molecule has 3 atom stereocenters. The number of ether oxygens (including phenoxy) is 5. The molecule has 7 heteroatoms. The van der Waals surface area contributed by atoms with Crippen molar-refractivity contribution in [3.05, 3.63) is 41.5 Å². The Hall–Kier alpha value is -3.09. The Bertz CT molecular complexity index is 997. The average molecular weight is 470 g/mol. The van der Waals surface area contributed by atoms with Crippen LogP contribution in [0.1, 0.15) is 44.2 Å². The molecule has 0 spiro atoms. The maximum atomic E-state index is 13.8. The van der Waals surface area contributed by atoms with Crippen molar-refractivity contribution in [3.63, 3.8) is 0 Å². The summed E-state index contributed by atoms with van der Waals surface area (Å²) in [4.78, 5) is 15.9. The van der Waals surface area contributed by atoms with Crippen LogP contribution >= 0.6 is 0 Å². The van der Waals surface area contributed by atoms with E-state index in [-0.39, 0.29) is 25.2 Å². The van der Waals surface area contributed by atoms with E-state index in [2.05, 4.69) is 18.7 Å². The van der Waals surface area contributed by atoms with Crippen LogP contribution in [0.2, 0.25) is 0 Å². The molecule has 2 aromatic carbocycles. The van der Waals surface area contributed by atoms with Crippen molar-refractivity contribution in [1.29, 1.82) is 0 Å². The minimum Gasteiger partial charge on any atom is -0.493 e. The Morgan fingerprint density at radius 2 is 1.65 bits per heavy atom. The van der Waals surface area contributed by atoms with Gasteiger partial charge >= 0.3 is 0 Å². The van der Waals surface area contributed by atoms with Crippen LogP contribution in [0.5, 0.6) is 28.7 Å². The molecule has 3 unspecified atom stereocenters. The monoisotopic (exact) mass is 469 g/mol. The molecule has 0 saturated heterocycles. The molecule has 1 heterocycles. The third kappa shape index (κ3) is 4.88. The molecule has 0 N–H and O–H groups in total. The van der Waals surface area contributed by atoms with Gasteiger partial charge in [-0.2, -0.15) is 0 Å². The predicted molar refractivity (Wildman–Crippen MR) is 129 cm³/mol. The zero-order chi connectivity index (χ0) is 24.2. The summed E-state index contributed by atoms with van der Waals surface area (Å²) >= 11 is 0. The fourth-order valence-electron chi connectivity index (χ4n) is 5.13. The van der Waals surface area contributed by atoms with Gasteiger partial charge in [-0.1, -0.05) is 32.8 Å². The van der Waals surface area contributed by atoms with E-state index in [1.165, 1.54) is 6.42 Å². The minimum absolute atomic E-state index is 0.0814. The number of amides is 1. The smallest absolute Gasteiger partial charge is 0.231 e. The zero-order valence-electron chi connectivity index (χ0n) is 20.8. The van der Waals surface area contributed by atoms with Gasteiger partial charge in [0.1, 0.15) is 0 Å². The second-order valence-corrected chi connectivity index (χ2v) is 9.25. The molecule has 0 aromatic heterocycles. The number of carbonyl (C=O) groups is 1. The summed E-state index contributed by atoms with van der Waals surface area (Å²) in [7, 11) is 4.74. The van der Waals surface area contributed by atoms with Gasteiger partial charge in [0.2, 0.25) is 18.4 Å². The average Bonchev–Trinajstić information content (AvgIpc) is 3.31. The number of nitrogens with zero attached hydrogens (tertiary/aromatic N) is 1. The van der Waals surface area contributed by atoms with Gasteiger partial charge in [0.15, 0.2) is 23.0 Å². The fourth-order valence-corrected chi connectivity index (χ4v) is 5.13. The van der Waals surface area contributed by atoms with Crippen LogP contribution in [0.4, 0.5) is 0 Å². The molecule has 2 aromatic rings. The number of hydrogen-bond donors (Lipinski definition) is 0. The molecular weight excluding hydrogens is 434 g/mol. The van der Waals surface area contributed by atoms with Gasteiger partial charge in [-0.3, -0.25) is 4.79 Å². The van der Waals surface area contributed by atoms with Gasteiger partial charge in [0, 0.05) is 12.6 Å². The first-order chi connectivity index (χ1) is 16.4. The predicted octanol–water partition coefficient (Wildman–Crippen LogP) is 4.84. The standard InChI is InChI=1S/C27H35NO6/c1-17-7-6-8-21(18(17)2)28(15-19-9-10-22-23(11-19)34-16-33-22)26(29)14-20-12-24(30-3)27(32-5)25(13-20)31-4/h9-13,17-18,21H,6-8,14-16H2,1-5H3. The quantitative estimate of drug-likeness (QED) is 0.551. The molecule has 0 bridgehead atoms. The van der Waals surface area contributed by atoms with Crippen molar-refractivity contribution in [2.24, 2.45) is 11.8 Å². The summed E-state index contributed by atoms with van der Waals surface area (Å²) in [6.45, 7) is 5.33. The second-order valence-electron chi connectivity index (χ2n) is 9.25. The lowest BCUT2D eigenvalue weighted by Crippen LogP contribution is -2.47. The minimum atomic E-state index is 0.0814. The summed E-state index contributed by atoms with van der Waals surface area (Å²) in [5, 5.41) is 0. The first kappa shape index (κ1) is 24.0. The van der Waals surface area contributed by atoms with Crippen LogP contribution in [-0.2, 0) is 17.8 Å². The van der Waals surface area contributed by atoms with E-state index >= 15 is 0 Å². The third-order valence-corrected chi connectivity index (χ3v) is 7.25. The molecule has 1 fully saturated rings. The number of carbonyl (C=O) groups excluding carboxylic acids is 1. The second kappa shape index (κ2) is 10.5. The molecule has 7 nitrogen and oxygen atoms in total. The topological polar surface area (TPSA) is 66.5 Å². The van der Waals surface area contributed by atoms with Gasteiger partial charge in [-0.05, 0) is 53.6 Å². The number of methoxy groups -OCH3 is 3. The summed E-state index contributed by atoms with van der Waals surface area (Å²) < 4.78 is 27.4. The van der Waals surface area contributed by atoms with Crippen LogP contribution in [-0.4, -0.2) is 45.0 Å². The van der Waals surface area contributed by atoms with E-state index in [0.717, 1.165) is 35.5 Å². The summed E-state index contributed by atoms with van der Waals surface area (Å²) in [5.41, 5.74) is 1.86. The molecule has 1 aliphatic heterocycles. The zero-order valence-corrected chi connectivity index (χ0v) is 20.8. The van der Waals surface area contributed by atoms with Gasteiger partial charge in [0.05, 0.1) is 27.8 Å². The van der Waals surface area contributed by atoms with Crippen LogP contribution in [0.15, 0.2) is 30.3 Å². The van der Waals surface area contributed by atoms with Crippen molar-refractivity contribution in [2.75, 3.05) is 28.1 Å². The lowest BCUT2D eigenvalue weighted by molar-refractivity contribution is -0.136. The Labute approximate surface area is 201 Å². The van der Waals surface area contributed by atoms with E-state index in [0.29, 0.717) is 35.6 Å². The molecule has 4 rings (SSSR count). The van der Waals surface area contributed by atoms with E-state index in [1.807, 2.05) is 30.3 Å². The Morgan fingerprint density at radius 1 is 0.941 bits per heavy atom. The van der Waals surface area contributed by atoms with Crippen LogP contribution in [0.3, 0.4) is 0 Å². The van der Waals surface area contributed by atoms with Gasteiger partial charge in [0.25, 0.3) is 0 Å². The largest absolute Gasteiger partial charge is 0.493 e. The fraction of sp³-hybridized carbons (Fsp3) is 0.519. The highest BCUT2D eigenvalue weighted by Crippen LogP contribution is 2.39. The molecular formula is C27H35NO6. The lowest BCUT2D eigenvalue weighted by Gasteiger charge is -2.42. The Balaban J connectivity index is 1.62. The first-order valence-corrected chi connectivity index (χ1v) is 11.9. The highest BCUT2D eigenvalue weighted by molar-refractivity contribution is 5.80. The number of fused-ring (bicyclic) bond motifs is 1. The van der Waals surface area contributed by atoms with Gasteiger partial charge in [-0.25, -0.2) is 0 Å². The maximum Gasteiger partial charge on any atom is 0.231 e. The van der Waals surface area contributed by atoms with Crippen LogP contribution in [0, 0.1) is 11.8 Å². The van der Waals surface area contributed by atoms with E-state index in [4.69, 9.17) is 23.7 Å². The molecule has 1 aliphatic carbocycles. The van der Waals surface area contributed by atoms with Crippen LogP contribution < -0.4 is 23.7 Å². The molecule has 0 radical (unpaired) electrons. The summed E-state index contributed by atoms with van der Waals surface area (Å²) in [6.07, 6.45) is 3.60. The SMILES string of the molecule is COc1cc(CC(=O)N(Cc2ccc3c(c2)OCO3)C2CCCC(C)C2C)cc(OC)c1OC. The highest BCUT2D eigenvalue weighted by Gasteiger charge is 2.34. The number of benzene rings is 2. The maximum absolute atomic E-state index is 13.8. The van der Waals surface area contributed by atoms with Gasteiger partial charge < -0.3 is 28.6 Å². The van der Waals surface area contributed by atoms with Crippen molar-refractivity contribution >= 4 is 5.91 Å². The van der Waals surface area contributed by atoms with Crippen molar-refractivity contribution in [1.82, 2.24) is 4.90 Å². The lowest BCUT2D eigenvalue weighted by atomic mass is 9.77. The number of hydrogen-bond acceptors (Lipinski definition) is 6. The normalized spacial score (nSPS) is 21.1. The van der Waals surface area contributed by atoms with Crippen molar-refractivity contribution in [3.8, 4) is 28.7 Å². The highest BCUT2D eigenvalue weighted by atomic mass is 16.7. The Morgan fingerprint density at radius 3 is 2.32 bits per heavy atom. The molecule has 1 amide bonds. The third-order valence-electron chi connectivity index (χ3n) is 7.25. The molecule has 2 aliphatic rings. The molecule has 1 saturated carbocycles. The summed E-state index contributed by atoms with van der Waals surface area (Å²) in [5.74, 6) is 4.18. The summed E-state index contributed by atoms with van der Waals surface area (Å²) in [6, 6.07) is 9.81.